The molecule has 19 heavy (non-hydrogen) atoms. The van der Waals surface area contributed by atoms with Gasteiger partial charge >= 0.3 is 0 Å². The highest BCUT2D eigenvalue weighted by atomic mass is 32.1. The van der Waals surface area contributed by atoms with Crippen LogP contribution in [0.25, 0.3) is 0 Å². The van der Waals surface area contributed by atoms with Crippen molar-refractivity contribution in [2.24, 2.45) is 0 Å². The van der Waals surface area contributed by atoms with Gasteiger partial charge in [0.05, 0.1) is 17.7 Å². The molecule has 0 bridgehead atoms. The second-order valence-corrected chi connectivity index (χ2v) is 4.86. The van der Waals surface area contributed by atoms with Crippen LogP contribution in [0.5, 0.6) is 5.75 Å². The van der Waals surface area contributed by atoms with Crippen LogP contribution in [0.2, 0.25) is 0 Å². The second-order valence-electron chi connectivity index (χ2n) is 3.88. The highest BCUT2D eigenvalue weighted by Crippen LogP contribution is 2.19. The molecule has 2 rings (SSSR count). The smallest absolute Gasteiger partial charge is 0.253 e. The van der Waals surface area contributed by atoms with Crippen LogP contribution in [0.15, 0.2) is 29.8 Å². The fourth-order valence-electron chi connectivity index (χ4n) is 1.61. The third-order valence-electron chi connectivity index (χ3n) is 2.61. The summed E-state index contributed by atoms with van der Waals surface area (Å²) in [5, 5.41) is 5.73. The van der Waals surface area contributed by atoms with Gasteiger partial charge < -0.3 is 15.8 Å². The Kier molecular flexibility index (Phi) is 4.35. The molecular weight excluding hydrogens is 262 g/mol. The maximum Gasteiger partial charge on any atom is 0.253 e. The number of nitrogens with zero attached hydrogens (tertiary/aromatic N) is 1. The lowest BCUT2D eigenvalue weighted by molar-refractivity contribution is 0.0954. The van der Waals surface area contributed by atoms with Crippen molar-refractivity contribution in [1.82, 2.24) is 10.3 Å². The predicted molar refractivity (Wildman–Crippen MR) is 75.6 cm³/mol. The number of nitrogen functional groups attached to an aromatic ring is 1. The van der Waals surface area contributed by atoms with Gasteiger partial charge in [-0.1, -0.05) is 0 Å². The van der Waals surface area contributed by atoms with E-state index < -0.39 is 0 Å². The zero-order valence-electron chi connectivity index (χ0n) is 10.6. The van der Waals surface area contributed by atoms with Crippen molar-refractivity contribution in [3.8, 4) is 5.75 Å². The van der Waals surface area contributed by atoms with Crippen LogP contribution in [0, 0.1) is 0 Å². The van der Waals surface area contributed by atoms with Gasteiger partial charge in [0.2, 0.25) is 0 Å². The molecule has 0 aliphatic heterocycles. The van der Waals surface area contributed by atoms with Crippen molar-refractivity contribution in [1.29, 1.82) is 0 Å². The fourth-order valence-corrected chi connectivity index (χ4v) is 2.23. The maximum atomic E-state index is 12.0. The van der Waals surface area contributed by atoms with Crippen molar-refractivity contribution < 1.29 is 9.53 Å². The number of hydrogen-bond acceptors (Lipinski definition) is 5. The number of anilines is 1. The molecule has 0 atom stereocenters. The first kappa shape index (κ1) is 13.4. The fraction of sp³-hybridized carbons (Fsp3) is 0.231. The molecule has 0 aliphatic carbocycles. The van der Waals surface area contributed by atoms with Crippen molar-refractivity contribution in [3.63, 3.8) is 0 Å². The number of aromatic nitrogens is 1. The molecule has 3 N–H and O–H groups in total. The number of hydrogen-bond donors (Lipinski definition) is 2. The highest BCUT2D eigenvalue weighted by Gasteiger charge is 2.10. The van der Waals surface area contributed by atoms with E-state index in [2.05, 4.69) is 10.3 Å². The topological polar surface area (TPSA) is 77.2 Å². The number of carbonyl (C=O) groups excluding carboxylic acids is 1. The molecule has 1 heterocycles. The van der Waals surface area contributed by atoms with E-state index in [1.54, 1.807) is 42.8 Å². The summed E-state index contributed by atoms with van der Waals surface area (Å²) < 4.78 is 5.08. The van der Waals surface area contributed by atoms with Crippen LogP contribution < -0.4 is 15.8 Å². The number of benzene rings is 1. The normalized spacial score (nSPS) is 10.2. The van der Waals surface area contributed by atoms with Crippen molar-refractivity contribution in [3.05, 3.63) is 40.3 Å². The minimum absolute atomic E-state index is 0.201. The molecule has 1 amide bonds. The average Bonchev–Trinajstić information content (AvgIpc) is 2.92. The highest BCUT2D eigenvalue weighted by molar-refractivity contribution is 7.09. The summed E-state index contributed by atoms with van der Waals surface area (Å²) in [4.78, 5) is 16.2. The van der Waals surface area contributed by atoms with E-state index in [-0.39, 0.29) is 5.91 Å². The Bertz CT molecular complexity index is 555. The molecule has 0 radical (unpaired) electrons. The quantitative estimate of drug-likeness (QED) is 0.816. The molecule has 100 valence electrons. The van der Waals surface area contributed by atoms with Gasteiger partial charge in [0, 0.05) is 30.2 Å². The molecular formula is C13H15N3O2S. The Hall–Kier alpha value is -2.08. The Morgan fingerprint density at radius 1 is 1.53 bits per heavy atom. The third kappa shape index (κ3) is 3.45. The molecule has 0 saturated carbocycles. The summed E-state index contributed by atoms with van der Waals surface area (Å²) in [6, 6.07) is 5.02. The number of nitrogens with two attached hydrogens (primary N) is 1. The molecule has 6 heteroatoms. The summed E-state index contributed by atoms with van der Waals surface area (Å²) in [7, 11) is 1.55. The lowest BCUT2D eigenvalue weighted by Gasteiger charge is -2.08. The Labute approximate surface area is 115 Å². The molecule has 2 aromatic rings. The van der Waals surface area contributed by atoms with E-state index >= 15 is 0 Å². The first-order chi connectivity index (χ1) is 9.20. The number of rotatable bonds is 5. The lowest BCUT2D eigenvalue weighted by Crippen LogP contribution is -2.26. The summed E-state index contributed by atoms with van der Waals surface area (Å²) in [6.07, 6.45) is 2.47. The monoisotopic (exact) mass is 277 g/mol. The van der Waals surface area contributed by atoms with Crippen LogP contribution in [0.1, 0.15) is 15.4 Å². The largest absolute Gasteiger partial charge is 0.497 e. The van der Waals surface area contributed by atoms with Crippen LogP contribution >= 0.6 is 11.3 Å². The van der Waals surface area contributed by atoms with Crippen molar-refractivity contribution in [2.45, 2.75) is 6.42 Å². The van der Waals surface area contributed by atoms with E-state index in [0.717, 1.165) is 5.01 Å². The SMILES string of the molecule is COc1ccc(N)c(C(=O)NCCc2nccs2)c1. The first-order valence-corrected chi connectivity index (χ1v) is 6.68. The summed E-state index contributed by atoms with van der Waals surface area (Å²) in [6.45, 7) is 0.531. The number of carbonyl (C=O) groups is 1. The Morgan fingerprint density at radius 2 is 2.37 bits per heavy atom. The van der Waals surface area contributed by atoms with Gasteiger partial charge in [-0.3, -0.25) is 4.79 Å². The molecule has 0 spiro atoms. The number of ether oxygens (including phenoxy) is 1. The van der Waals surface area contributed by atoms with Crippen molar-refractivity contribution >= 4 is 22.9 Å². The van der Waals surface area contributed by atoms with Gasteiger partial charge in [-0.25, -0.2) is 4.98 Å². The van der Waals surface area contributed by atoms with Gasteiger partial charge in [0.1, 0.15) is 5.75 Å². The standard InChI is InChI=1S/C13H15N3O2S/c1-18-9-2-3-11(14)10(8-9)13(17)16-5-4-12-15-6-7-19-12/h2-3,6-8H,4-5,14H2,1H3,(H,16,17). The second kappa shape index (κ2) is 6.19. The van der Waals surface area contributed by atoms with Gasteiger partial charge in [0.25, 0.3) is 5.91 Å². The van der Waals surface area contributed by atoms with Crippen LogP contribution in [0.4, 0.5) is 5.69 Å². The Balaban J connectivity index is 1.95. The van der Waals surface area contributed by atoms with Gasteiger partial charge in [-0.2, -0.15) is 0 Å². The zero-order valence-corrected chi connectivity index (χ0v) is 11.4. The van der Waals surface area contributed by atoms with Gasteiger partial charge in [-0.15, -0.1) is 11.3 Å². The van der Waals surface area contributed by atoms with Crippen LogP contribution in [0.3, 0.4) is 0 Å². The van der Waals surface area contributed by atoms with Gasteiger partial charge in [0.15, 0.2) is 0 Å². The molecule has 0 fully saturated rings. The lowest BCUT2D eigenvalue weighted by atomic mass is 10.1. The molecule has 1 aromatic carbocycles. The van der Waals surface area contributed by atoms with Crippen LogP contribution in [-0.2, 0) is 6.42 Å². The van der Waals surface area contributed by atoms with Crippen molar-refractivity contribution in [2.75, 3.05) is 19.4 Å². The minimum Gasteiger partial charge on any atom is -0.497 e. The minimum atomic E-state index is -0.201. The molecule has 0 saturated heterocycles. The third-order valence-corrected chi connectivity index (χ3v) is 3.45. The van der Waals surface area contributed by atoms with E-state index in [1.165, 1.54) is 0 Å². The maximum absolute atomic E-state index is 12.0. The van der Waals surface area contributed by atoms with E-state index in [1.807, 2.05) is 5.38 Å². The Morgan fingerprint density at radius 3 is 3.05 bits per heavy atom. The van der Waals surface area contributed by atoms with Gasteiger partial charge in [-0.05, 0) is 18.2 Å². The number of thiazole rings is 1. The molecule has 0 aliphatic rings. The molecule has 5 nitrogen and oxygen atoms in total. The average molecular weight is 277 g/mol. The number of nitrogens with one attached hydrogen (secondary N) is 1. The molecule has 0 unspecified atom stereocenters. The predicted octanol–water partition coefficient (Wildman–Crippen LogP) is 1.71. The summed E-state index contributed by atoms with van der Waals surface area (Å²) in [5.41, 5.74) is 6.65. The summed E-state index contributed by atoms with van der Waals surface area (Å²) in [5.74, 6) is 0.409. The number of amides is 1. The zero-order chi connectivity index (χ0) is 13.7. The van der Waals surface area contributed by atoms with E-state index in [9.17, 15) is 4.79 Å². The van der Waals surface area contributed by atoms with Crippen LogP contribution in [-0.4, -0.2) is 24.5 Å². The molecule has 1 aromatic heterocycles. The number of methoxy groups -OCH3 is 1. The summed E-state index contributed by atoms with van der Waals surface area (Å²) >= 11 is 1.57. The first-order valence-electron chi connectivity index (χ1n) is 5.81. The van der Waals surface area contributed by atoms with E-state index in [4.69, 9.17) is 10.5 Å². The van der Waals surface area contributed by atoms with E-state index in [0.29, 0.717) is 30.0 Å².